The molecule has 3 rings (SSSR count). The summed E-state index contributed by atoms with van der Waals surface area (Å²) >= 11 is 0. The lowest BCUT2D eigenvalue weighted by Gasteiger charge is -2.18. The summed E-state index contributed by atoms with van der Waals surface area (Å²) in [7, 11) is 0. The van der Waals surface area contributed by atoms with Gasteiger partial charge in [0.15, 0.2) is 0 Å². The first kappa shape index (κ1) is 16.9. The van der Waals surface area contributed by atoms with Gasteiger partial charge in [0.1, 0.15) is 0 Å². The minimum Gasteiger partial charge on any atom is -0.337 e. The lowest BCUT2D eigenvalue weighted by molar-refractivity contribution is -0.131. The zero-order valence-electron chi connectivity index (χ0n) is 14.5. The summed E-state index contributed by atoms with van der Waals surface area (Å²) in [4.78, 5) is 18.6. The molecule has 2 aromatic carbocycles. The van der Waals surface area contributed by atoms with Crippen LogP contribution in [0.3, 0.4) is 0 Å². The van der Waals surface area contributed by atoms with Gasteiger partial charge in [0.25, 0.3) is 0 Å². The number of amides is 1. The molecule has 0 fully saturated rings. The number of likely N-dealkylation sites (N-methyl/N-ethyl adjacent to an activating group) is 1. The van der Waals surface area contributed by atoms with Crippen molar-refractivity contribution in [3.05, 3.63) is 71.6 Å². The Morgan fingerprint density at radius 1 is 1.08 bits per heavy atom. The molecule has 0 saturated carbocycles. The molecule has 1 aromatic heterocycles. The van der Waals surface area contributed by atoms with Gasteiger partial charge in [-0.25, -0.2) is 0 Å². The summed E-state index contributed by atoms with van der Waals surface area (Å²) in [6.07, 6.45) is 0.369. The molecule has 3 aromatic rings. The normalized spacial score (nSPS) is 10.6. The number of hydrogen-bond acceptors (Lipinski definition) is 4. The maximum Gasteiger partial charge on any atom is 0.246 e. The second-order valence-corrected chi connectivity index (χ2v) is 5.95. The van der Waals surface area contributed by atoms with Gasteiger partial charge in [-0.3, -0.25) is 4.79 Å². The molecule has 0 bridgehead atoms. The fraction of sp³-hybridized carbons (Fsp3) is 0.250. The zero-order chi connectivity index (χ0) is 17.6. The highest BCUT2D eigenvalue weighted by atomic mass is 16.5. The molecule has 5 heteroatoms. The Morgan fingerprint density at radius 2 is 1.80 bits per heavy atom. The highest BCUT2D eigenvalue weighted by Gasteiger charge is 2.17. The van der Waals surface area contributed by atoms with Crippen molar-refractivity contribution < 1.29 is 9.32 Å². The lowest BCUT2D eigenvalue weighted by Crippen LogP contribution is -2.31. The fourth-order valence-electron chi connectivity index (χ4n) is 2.56. The molecule has 0 spiro atoms. The molecule has 0 saturated heterocycles. The molecule has 0 radical (unpaired) electrons. The third-order valence-electron chi connectivity index (χ3n) is 4.04. The second-order valence-electron chi connectivity index (χ2n) is 5.95. The van der Waals surface area contributed by atoms with Crippen LogP contribution in [0.25, 0.3) is 11.4 Å². The van der Waals surface area contributed by atoms with Crippen molar-refractivity contribution in [3.63, 3.8) is 0 Å². The van der Waals surface area contributed by atoms with Gasteiger partial charge in [-0.1, -0.05) is 65.3 Å². The number of aromatic nitrogens is 2. The minimum atomic E-state index is 0.0452. The van der Waals surface area contributed by atoms with Crippen molar-refractivity contribution in [3.8, 4) is 11.4 Å². The van der Waals surface area contributed by atoms with Crippen molar-refractivity contribution in [1.29, 1.82) is 0 Å². The Hall–Kier alpha value is -2.95. The number of aryl methyl sites for hydroxylation is 1. The molecule has 1 amide bonds. The Balaban J connectivity index is 1.67. The summed E-state index contributed by atoms with van der Waals surface area (Å²) < 4.78 is 5.33. The van der Waals surface area contributed by atoms with Gasteiger partial charge in [0.05, 0.1) is 13.0 Å². The van der Waals surface area contributed by atoms with Gasteiger partial charge < -0.3 is 9.42 Å². The van der Waals surface area contributed by atoms with Gasteiger partial charge in [0.2, 0.25) is 17.6 Å². The van der Waals surface area contributed by atoms with Crippen molar-refractivity contribution in [2.75, 3.05) is 6.54 Å². The van der Waals surface area contributed by atoms with Gasteiger partial charge in [-0.05, 0) is 19.4 Å². The first-order chi connectivity index (χ1) is 12.2. The lowest BCUT2D eigenvalue weighted by atomic mass is 10.1. The Kier molecular flexibility index (Phi) is 5.23. The quantitative estimate of drug-likeness (QED) is 0.690. The Bertz CT molecular complexity index is 826. The Labute approximate surface area is 147 Å². The molecule has 0 atom stereocenters. The predicted molar refractivity (Wildman–Crippen MR) is 95.7 cm³/mol. The van der Waals surface area contributed by atoms with Crippen molar-refractivity contribution in [2.45, 2.75) is 26.8 Å². The third-order valence-corrected chi connectivity index (χ3v) is 4.04. The van der Waals surface area contributed by atoms with E-state index in [1.807, 2.05) is 68.4 Å². The molecular weight excluding hydrogens is 314 g/mol. The summed E-state index contributed by atoms with van der Waals surface area (Å²) in [5, 5.41) is 4.02. The van der Waals surface area contributed by atoms with E-state index in [4.69, 9.17) is 4.52 Å². The van der Waals surface area contributed by atoms with Crippen LogP contribution in [-0.4, -0.2) is 27.5 Å². The first-order valence-corrected chi connectivity index (χ1v) is 8.37. The molecule has 0 aliphatic rings. The second kappa shape index (κ2) is 7.75. The number of nitrogens with zero attached hydrogens (tertiary/aromatic N) is 3. The molecular formula is C20H21N3O2. The van der Waals surface area contributed by atoms with Crippen molar-refractivity contribution >= 4 is 5.91 Å². The maximum absolute atomic E-state index is 12.5. The van der Waals surface area contributed by atoms with Crippen LogP contribution >= 0.6 is 0 Å². The zero-order valence-corrected chi connectivity index (χ0v) is 14.5. The van der Waals surface area contributed by atoms with Crippen LogP contribution < -0.4 is 0 Å². The maximum atomic E-state index is 12.5. The van der Waals surface area contributed by atoms with E-state index < -0.39 is 0 Å². The van der Waals surface area contributed by atoms with Gasteiger partial charge in [-0.2, -0.15) is 4.98 Å². The highest BCUT2D eigenvalue weighted by molar-refractivity contribution is 5.78. The van der Waals surface area contributed by atoms with Crippen LogP contribution in [0.4, 0.5) is 0 Å². The van der Waals surface area contributed by atoms with Gasteiger partial charge >= 0.3 is 0 Å². The first-order valence-electron chi connectivity index (χ1n) is 8.37. The number of carbonyl (C=O) groups excluding carboxylic acids is 1. The van der Waals surface area contributed by atoms with Crippen molar-refractivity contribution in [2.24, 2.45) is 0 Å². The van der Waals surface area contributed by atoms with E-state index in [9.17, 15) is 4.79 Å². The molecule has 0 aliphatic heterocycles. The average molecular weight is 335 g/mol. The molecule has 0 N–H and O–H groups in total. The van der Waals surface area contributed by atoms with E-state index >= 15 is 0 Å². The monoisotopic (exact) mass is 335 g/mol. The van der Waals surface area contributed by atoms with Crippen LogP contribution in [0.15, 0.2) is 59.1 Å². The van der Waals surface area contributed by atoms with Crippen LogP contribution in [0.1, 0.15) is 23.9 Å². The SMILES string of the molecule is CCN(Cc1nc(-c2ccc(C)cc2)no1)C(=O)Cc1ccccc1. The molecule has 25 heavy (non-hydrogen) atoms. The summed E-state index contributed by atoms with van der Waals surface area (Å²) in [5.41, 5.74) is 3.08. The van der Waals surface area contributed by atoms with E-state index in [2.05, 4.69) is 10.1 Å². The number of carbonyl (C=O) groups is 1. The summed E-state index contributed by atoms with van der Waals surface area (Å²) in [5.74, 6) is 1.03. The molecule has 0 aliphatic carbocycles. The molecule has 1 heterocycles. The van der Waals surface area contributed by atoms with Gasteiger partial charge in [0, 0.05) is 12.1 Å². The number of benzene rings is 2. The Morgan fingerprint density at radius 3 is 2.48 bits per heavy atom. The van der Waals surface area contributed by atoms with E-state index in [0.717, 1.165) is 11.1 Å². The minimum absolute atomic E-state index is 0.0452. The van der Waals surface area contributed by atoms with E-state index in [0.29, 0.717) is 31.2 Å². The third kappa shape index (κ3) is 4.32. The van der Waals surface area contributed by atoms with Crippen LogP contribution in [-0.2, 0) is 17.8 Å². The van der Waals surface area contributed by atoms with Gasteiger partial charge in [-0.15, -0.1) is 0 Å². The number of rotatable bonds is 6. The van der Waals surface area contributed by atoms with E-state index in [-0.39, 0.29) is 5.91 Å². The summed E-state index contributed by atoms with van der Waals surface area (Å²) in [6.45, 7) is 4.89. The largest absolute Gasteiger partial charge is 0.337 e. The van der Waals surface area contributed by atoms with Crippen molar-refractivity contribution in [1.82, 2.24) is 15.0 Å². The van der Waals surface area contributed by atoms with E-state index in [1.54, 1.807) is 4.90 Å². The van der Waals surface area contributed by atoms with E-state index in [1.165, 1.54) is 5.56 Å². The molecule has 5 nitrogen and oxygen atoms in total. The standard InChI is InChI=1S/C20H21N3O2/c1-3-23(19(24)13-16-7-5-4-6-8-16)14-18-21-20(22-25-18)17-11-9-15(2)10-12-17/h4-12H,3,13-14H2,1-2H3. The molecule has 0 unspecified atom stereocenters. The predicted octanol–water partition coefficient (Wildman–Crippen LogP) is 3.64. The number of hydrogen-bond donors (Lipinski definition) is 0. The fourth-order valence-corrected chi connectivity index (χ4v) is 2.56. The van der Waals surface area contributed by atoms with Crippen LogP contribution in [0, 0.1) is 6.92 Å². The average Bonchev–Trinajstić information content (AvgIpc) is 3.09. The van der Waals surface area contributed by atoms with Crippen LogP contribution in [0.5, 0.6) is 0 Å². The highest BCUT2D eigenvalue weighted by Crippen LogP contribution is 2.17. The van der Waals surface area contributed by atoms with Crippen LogP contribution in [0.2, 0.25) is 0 Å². The summed E-state index contributed by atoms with van der Waals surface area (Å²) in [6, 6.07) is 17.7. The smallest absolute Gasteiger partial charge is 0.246 e. The topological polar surface area (TPSA) is 59.2 Å². The molecule has 128 valence electrons.